The molecule has 0 amide bonds. The molecule has 0 aliphatic rings. The summed E-state index contributed by atoms with van der Waals surface area (Å²) in [6, 6.07) is 5.55. The van der Waals surface area contributed by atoms with Crippen molar-refractivity contribution in [3.63, 3.8) is 0 Å². The van der Waals surface area contributed by atoms with Gasteiger partial charge in [-0.05, 0) is 52.3 Å². The zero-order valence-electron chi connectivity index (χ0n) is 13.3. The molecule has 124 valence electrons. The van der Waals surface area contributed by atoms with Crippen LogP contribution in [0.5, 0.6) is 0 Å². The molecule has 0 radical (unpaired) electrons. The summed E-state index contributed by atoms with van der Waals surface area (Å²) < 4.78 is 26.4. The van der Waals surface area contributed by atoms with E-state index in [2.05, 4.69) is 4.72 Å². The first kappa shape index (κ1) is 18.9. The van der Waals surface area contributed by atoms with Crippen LogP contribution in [0.1, 0.15) is 46.2 Å². The second kappa shape index (κ2) is 6.18. The monoisotopic (exact) mass is 347 g/mol. The summed E-state index contributed by atoms with van der Waals surface area (Å²) in [6.07, 6.45) is 0. The number of sulfonamides is 1. The molecule has 1 aromatic rings. The number of hydrogen-bond donors (Lipinski definition) is 2. The fourth-order valence-electron chi connectivity index (χ4n) is 1.74. The predicted molar refractivity (Wildman–Crippen MR) is 87.4 cm³/mol. The maximum atomic E-state index is 12.4. The topological polar surface area (TPSA) is 83.5 Å². The van der Waals surface area contributed by atoms with Crippen molar-refractivity contribution in [3.8, 4) is 0 Å². The van der Waals surface area contributed by atoms with Crippen molar-refractivity contribution in [3.05, 3.63) is 34.9 Å². The number of benzene rings is 1. The van der Waals surface area contributed by atoms with E-state index in [1.165, 1.54) is 13.8 Å². The molecule has 0 spiro atoms. The van der Waals surface area contributed by atoms with E-state index in [1.807, 2.05) is 0 Å². The van der Waals surface area contributed by atoms with E-state index in [4.69, 9.17) is 11.6 Å². The Morgan fingerprint density at radius 3 is 1.95 bits per heavy atom. The third-order valence-electron chi connectivity index (χ3n) is 3.56. The Bertz CT molecular complexity index is 645. The maximum absolute atomic E-state index is 12.4. The average molecular weight is 348 g/mol. The summed E-state index contributed by atoms with van der Waals surface area (Å²) in [5.41, 5.74) is -0.781. The number of carboxylic acids is 1. The molecule has 0 aliphatic carbocycles. The van der Waals surface area contributed by atoms with Crippen molar-refractivity contribution >= 4 is 27.6 Å². The van der Waals surface area contributed by atoms with Crippen molar-refractivity contribution in [2.24, 2.45) is 5.41 Å². The lowest BCUT2D eigenvalue weighted by Gasteiger charge is -2.33. The van der Waals surface area contributed by atoms with Gasteiger partial charge in [0, 0.05) is 5.02 Å². The van der Waals surface area contributed by atoms with Gasteiger partial charge in [0.15, 0.2) is 0 Å². The van der Waals surface area contributed by atoms with E-state index in [-0.39, 0.29) is 0 Å². The van der Waals surface area contributed by atoms with E-state index in [9.17, 15) is 18.3 Å². The van der Waals surface area contributed by atoms with Crippen LogP contribution in [0.25, 0.3) is 0 Å². The molecule has 22 heavy (non-hydrogen) atoms. The number of carboxylic acid groups (broad SMARTS) is 1. The molecule has 0 fully saturated rings. The van der Waals surface area contributed by atoms with Gasteiger partial charge < -0.3 is 5.11 Å². The van der Waals surface area contributed by atoms with Crippen LogP contribution in [0.15, 0.2) is 24.3 Å². The van der Waals surface area contributed by atoms with Crippen LogP contribution >= 0.6 is 11.6 Å². The Balaban J connectivity index is 3.37. The first-order valence-corrected chi connectivity index (χ1v) is 8.66. The Labute approximate surface area is 136 Å². The van der Waals surface area contributed by atoms with E-state index < -0.39 is 32.2 Å². The van der Waals surface area contributed by atoms with Crippen LogP contribution in [0, 0.1) is 5.41 Å². The van der Waals surface area contributed by atoms with Gasteiger partial charge in [-0.25, -0.2) is 13.1 Å². The van der Waals surface area contributed by atoms with Gasteiger partial charge in [-0.15, -0.1) is 0 Å². The molecule has 0 unspecified atom stereocenters. The number of halogens is 1. The Kier molecular flexibility index (Phi) is 5.32. The third-order valence-corrected chi connectivity index (χ3v) is 5.97. The minimum atomic E-state index is -3.72. The van der Waals surface area contributed by atoms with Crippen molar-refractivity contribution < 1.29 is 18.3 Å². The van der Waals surface area contributed by atoms with Gasteiger partial charge in [0.2, 0.25) is 10.0 Å². The van der Waals surface area contributed by atoms with Crippen LogP contribution in [0.3, 0.4) is 0 Å². The fraction of sp³-hybridized carbons (Fsp3) is 0.533. The standard InChI is InChI=1S/C15H22ClNO4S/c1-14(2,3)22(20,21)17-12(15(4,5)13(18)19)10-6-8-11(16)9-7-10/h6-9,12,17H,1-5H3,(H,18,19)/t12-/m0/s1. The number of aliphatic carboxylic acids is 1. The van der Waals surface area contributed by atoms with Gasteiger partial charge in [-0.3, -0.25) is 4.79 Å². The molecule has 7 heteroatoms. The summed E-state index contributed by atoms with van der Waals surface area (Å²) in [5.74, 6) is -1.09. The zero-order chi connectivity index (χ0) is 17.3. The third kappa shape index (κ3) is 4.00. The number of hydrogen-bond acceptors (Lipinski definition) is 3. The highest BCUT2D eigenvalue weighted by Gasteiger charge is 2.42. The zero-order valence-corrected chi connectivity index (χ0v) is 14.9. The van der Waals surface area contributed by atoms with Crippen LogP contribution < -0.4 is 4.72 Å². The summed E-state index contributed by atoms with van der Waals surface area (Å²) >= 11 is 5.84. The lowest BCUT2D eigenvalue weighted by molar-refractivity contribution is -0.148. The molecule has 0 heterocycles. The maximum Gasteiger partial charge on any atom is 0.311 e. The summed E-state index contributed by atoms with van der Waals surface area (Å²) in [7, 11) is -3.72. The molecule has 5 nitrogen and oxygen atoms in total. The minimum Gasteiger partial charge on any atom is -0.481 e. The van der Waals surface area contributed by atoms with Crippen molar-refractivity contribution in [2.75, 3.05) is 0 Å². The number of nitrogens with one attached hydrogen (secondary N) is 1. The van der Waals surface area contributed by atoms with E-state index in [1.54, 1.807) is 45.0 Å². The molecular weight excluding hydrogens is 326 g/mol. The quantitative estimate of drug-likeness (QED) is 0.856. The normalized spacial score (nSPS) is 14.6. The van der Waals surface area contributed by atoms with E-state index >= 15 is 0 Å². The highest BCUT2D eigenvalue weighted by atomic mass is 35.5. The second-order valence-corrected chi connectivity index (χ2v) is 9.65. The molecule has 0 saturated carbocycles. The largest absolute Gasteiger partial charge is 0.481 e. The molecule has 0 bridgehead atoms. The molecule has 1 aromatic carbocycles. The van der Waals surface area contributed by atoms with Crippen LogP contribution in [-0.2, 0) is 14.8 Å². The van der Waals surface area contributed by atoms with Crippen LogP contribution in [0.4, 0.5) is 0 Å². The van der Waals surface area contributed by atoms with E-state index in [0.29, 0.717) is 10.6 Å². The van der Waals surface area contributed by atoms with Crippen molar-refractivity contribution in [1.82, 2.24) is 4.72 Å². The first-order valence-electron chi connectivity index (χ1n) is 6.80. The summed E-state index contributed by atoms with van der Waals surface area (Å²) in [6.45, 7) is 7.64. The van der Waals surface area contributed by atoms with Crippen molar-refractivity contribution in [2.45, 2.75) is 45.4 Å². The second-order valence-electron chi connectivity index (χ2n) is 6.75. The predicted octanol–water partition coefficient (Wildman–Crippen LogP) is 3.21. The summed E-state index contributed by atoms with van der Waals surface area (Å²) in [4.78, 5) is 11.6. The first-order chi connectivity index (χ1) is 9.79. The van der Waals surface area contributed by atoms with Gasteiger partial charge in [-0.1, -0.05) is 23.7 Å². The van der Waals surface area contributed by atoms with Gasteiger partial charge >= 0.3 is 5.97 Å². The Morgan fingerprint density at radius 2 is 1.59 bits per heavy atom. The average Bonchev–Trinajstić information content (AvgIpc) is 2.35. The smallest absolute Gasteiger partial charge is 0.311 e. The Morgan fingerprint density at radius 1 is 1.14 bits per heavy atom. The molecule has 1 rings (SSSR count). The number of carbonyl (C=O) groups is 1. The lowest BCUT2D eigenvalue weighted by Crippen LogP contribution is -2.47. The molecular formula is C15H22ClNO4S. The number of rotatable bonds is 5. The van der Waals surface area contributed by atoms with Gasteiger partial charge in [0.05, 0.1) is 16.2 Å². The molecule has 1 atom stereocenters. The SMILES string of the molecule is CC(C)(C(=O)O)[C@@H](NS(=O)(=O)C(C)(C)C)c1ccc(Cl)cc1. The highest BCUT2D eigenvalue weighted by molar-refractivity contribution is 7.90. The van der Waals surface area contributed by atoms with Crippen molar-refractivity contribution in [1.29, 1.82) is 0 Å². The highest BCUT2D eigenvalue weighted by Crippen LogP contribution is 2.36. The van der Waals surface area contributed by atoms with Crippen LogP contribution in [-0.4, -0.2) is 24.2 Å². The van der Waals surface area contributed by atoms with Gasteiger partial charge in [0.1, 0.15) is 0 Å². The van der Waals surface area contributed by atoms with E-state index in [0.717, 1.165) is 0 Å². The Hall–Kier alpha value is -1.11. The van der Waals surface area contributed by atoms with Gasteiger partial charge in [0.25, 0.3) is 0 Å². The van der Waals surface area contributed by atoms with Crippen LogP contribution in [0.2, 0.25) is 5.02 Å². The minimum absolute atomic E-state index is 0.495. The molecule has 0 aromatic heterocycles. The fourth-order valence-corrected chi connectivity index (χ4v) is 2.96. The lowest BCUT2D eigenvalue weighted by atomic mass is 9.81. The molecule has 2 N–H and O–H groups in total. The van der Waals surface area contributed by atoms with Gasteiger partial charge in [-0.2, -0.15) is 0 Å². The molecule has 0 saturated heterocycles. The molecule has 0 aliphatic heterocycles. The summed E-state index contributed by atoms with van der Waals surface area (Å²) in [5, 5.41) is 9.96.